The van der Waals surface area contributed by atoms with Gasteiger partial charge in [-0.25, -0.2) is 18.5 Å². The van der Waals surface area contributed by atoms with Crippen LogP contribution < -0.4 is 10.6 Å². The second-order valence-corrected chi connectivity index (χ2v) is 7.13. The number of hydrogen-bond donors (Lipinski definition) is 2. The lowest BCUT2D eigenvalue weighted by Gasteiger charge is -2.24. The summed E-state index contributed by atoms with van der Waals surface area (Å²) in [5.74, 6) is -2.36. The molecule has 3 rings (SSSR count). The highest BCUT2D eigenvalue weighted by Gasteiger charge is 2.39. The average Bonchev–Trinajstić information content (AvgIpc) is 2.95. The molecule has 0 saturated carbocycles. The Kier molecular flexibility index (Phi) is 5.68. The molecule has 27 heavy (non-hydrogen) atoms. The Balaban J connectivity index is 1.88. The number of amides is 4. The predicted octanol–water partition coefficient (Wildman–Crippen LogP) is 2.67. The first kappa shape index (κ1) is 19.2. The Bertz CT molecular complexity index is 889. The zero-order chi connectivity index (χ0) is 19.6. The molecule has 0 spiro atoms. The number of carbonyl (C=O) groups excluding carboxylic acids is 3. The second-order valence-electron chi connectivity index (χ2n) is 5.88. The molecular formula is C18H14F2IN3O3. The van der Waals surface area contributed by atoms with Crippen molar-refractivity contribution in [1.29, 1.82) is 0 Å². The summed E-state index contributed by atoms with van der Waals surface area (Å²) in [6.45, 7) is -0.218. The van der Waals surface area contributed by atoms with E-state index in [-0.39, 0.29) is 18.7 Å². The summed E-state index contributed by atoms with van der Waals surface area (Å²) in [4.78, 5) is 37.7. The summed E-state index contributed by atoms with van der Waals surface area (Å²) in [5.41, 5.74) is 0.490. The van der Waals surface area contributed by atoms with Crippen LogP contribution >= 0.6 is 22.6 Å². The fourth-order valence-corrected chi connectivity index (χ4v) is 3.16. The molecule has 1 atom stereocenters. The molecule has 1 aliphatic heterocycles. The van der Waals surface area contributed by atoms with E-state index in [9.17, 15) is 23.2 Å². The van der Waals surface area contributed by atoms with E-state index in [0.29, 0.717) is 9.13 Å². The molecule has 1 saturated heterocycles. The second kappa shape index (κ2) is 7.99. The summed E-state index contributed by atoms with van der Waals surface area (Å²) in [5, 5.41) is 4.78. The molecule has 0 unspecified atom stereocenters. The van der Waals surface area contributed by atoms with E-state index in [1.54, 1.807) is 6.07 Å². The Labute approximate surface area is 167 Å². The topological polar surface area (TPSA) is 78.5 Å². The number of imide groups is 1. The van der Waals surface area contributed by atoms with Crippen molar-refractivity contribution in [3.05, 3.63) is 63.2 Å². The van der Waals surface area contributed by atoms with Crippen LogP contribution in [0.4, 0.5) is 19.3 Å². The number of halogens is 3. The van der Waals surface area contributed by atoms with Gasteiger partial charge in [0.25, 0.3) is 5.91 Å². The standard InChI is InChI=1S/C18H14F2IN3O3/c19-11-3-1-10(2-4-11)7-15(24-16(25)9-22-18(24)27)17(26)23-14-6-5-12(21)8-13(14)20/h1-6,8,15H,7,9H2,(H,22,27)(H,23,26)/t15-/m0/s1. The Hall–Kier alpha value is -2.56. The minimum absolute atomic E-state index is 0.0305. The van der Waals surface area contributed by atoms with Crippen LogP contribution in [0.3, 0.4) is 0 Å². The van der Waals surface area contributed by atoms with Gasteiger partial charge in [-0.05, 0) is 58.5 Å². The number of nitrogens with zero attached hydrogens (tertiary/aromatic N) is 1. The van der Waals surface area contributed by atoms with Crippen LogP contribution in [-0.4, -0.2) is 35.3 Å². The van der Waals surface area contributed by atoms with E-state index in [1.807, 2.05) is 22.6 Å². The molecule has 1 fully saturated rings. The van der Waals surface area contributed by atoms with Crippen molar-refractivity contribution in [2.24, 2.45) is 0 Å². The van der Waals surface area contributed by atoms with Gasteiger partial charge in [-0.2, -0.15) is 0 Å². The van der Waals surface area contributed by atoms with Crippen LogP contribution in [0.1, 0.15) is 5.56 Å². The Morgan fingerprint density at radius 1 is 1.19 bits per heavy atom. The van der Waals surface area contributed by atoms with Crippen LogP contribution in [-0.2, 0) is 16.0 Å². The lowest BCUT2D eigenvalue weighted by molar-refractivity contribution is -0.132. The number of urea groups is 1. The molecule has 2 aromatic carbocycles. The van der Waals surface area contributed by atoms with Gasteiger partial charge in [0.05, 0.1) is 12.2 Å². The molecule has 6 nitrogen and oxygen atoms in total. The van der Waals surface area contributed by atoms with Gasteiger partial charge < -0.3 is 10.6 Å². The highest BCUT2D eigenvalue weighted by molar-refractivity contribution is 14.1. The third-order valence-corrected chi connectivity index (χ3v) is 4.69. The third-order valence-electron chi connectivity index (χ3n) is 4.02. The van der Waals surface area contributed by atoms with Gasteiger partial charge in [0.2, 0.25) is 5.91 Å². The van der Waals surface area contributed by atoms with Gasteiger partial charge in [0.1, 0.15) is 17.7 Å². The van der Waals surface area contributed by atoms with Crippen LogP contribution in [0.25, 0.3) is 0 Å². The fraction of sp³-hybridized carbons (Fsp3) is 0.167. The molecule has 2 aromatic rings. The van der Waals surface area contributed by atoms with E-state index in [0.717, 1.165) is 4.90 Å². The van der Waals surface area contributed by atoms with Crippen molar-refractivity contribution in [2.45, 2.75) is 12.5 Å². The predicted molar refractivity (Wildman–Crippen MR) is 102 cm³/mol. The summed E-state index contributed by atoms with van der Waals surface area (Å²) in [6.07, 6.45) is -0.0305. The number of carbonyl (C=O) groups is 3. The first-order valence-electron chi connectivity index (χ1n) is 7.95. The van der Waals surface area contributed by atoms with Crippen molar-refractivity contribution < 1.29 is 23.2 Å². The highest BCUT2D eigenvalue weighted by Crippen LogP contribution is 2.20. The van der Waals surface area contributed by atoms with Gasteiger partial charge >= 0.3 is 6.03 Å². The molecule has 0 radical (unpaired) electrons. The minimum Gasteiger partial charge on any atom is -0.329 e. The molecule has 9 heteroatoms. The van der Waals surface area contributed by atoms with Crippen molar-refractivity contribution in [2.75, 3.05) is 11.9 Å². The van der Waals surface area contributed by atoms with Gasteiger partial charge in [-0.3, -0.25) is 9.59 Å². The summed E-state index contributed by atoms with van der Waals surface area (Å²) in [6, 6.07) is 7.70. The molecule has 1 aliphatic rings. The van der Waals surface area contributed by atoms with Crippen molar-refractivity contribution in [1.82, 2.24) is 10.2 Å². The molecular weight excluding hydrogens is 471 g/mol. The number of hydrogen-bond acceptors (Lipinski definition) is 3. The summed E-state index contributed by atoms with van der Waals surface area (Å²) < 4.78 is 27.8. The van der Waals surface area contributed by atoms with Gasteiger partial charge in [-0.1, -0.05) is 12.1 Å². The number of benzene rings is 2. The van der Waals surface area contributed by atoms with E-state index >= 15 is 0 Å². The van der Waals surface area contributed by atoms with Gasteiger partial charge in [-0.15, -0.1) is 0 Å². The van der Waals surface area contributed by atoms with Gasteiger partial charge in [0.15, 0.2) is 0 Å². The smallest absolute Gasteiger partial charge is 0.325 e. The largest absolute Gasteiger partial charge is 0.329 e. The van der Waals surface area contributed by atoms with Crippen LogP contribution in [0.2, 0.25) is 0 Å². The lowest BCUT2D eigenvalue weighted by atomic mass is 10.0. The Morgan fingerprint density at radius 2 is 1.89 bits per heavy atom. The van der Waals surface area contributed by atoms with Gasteiger partial charge in [0, 0.05) is 9.99 Å². The number of nitrogens with one attached hydrogen (secondary N) is 2. The lowest BCUT2D eigenvalue weighted by Crippen LogP contribution is -2.49. The SMILES string of the molecule is O=C(Nc1ccc(I)cc1F)[C@H](Cc1ccc(F)cc1)N1C(=O)CNC1=O. The molecule has 2 N–H and O–H groups in total. The molecule has 1 heterocycles. The van der Waals surface area contributed by atoms with Crippen LogP contribution in [0.15, 0.2) is 42.5 Å². The quantitative estimate of drug-likeness (QED) is 0.505. The first-order chi connectivity index (χ1) is 12.8. The minimum atomic E-state index is -1.20. The van der Waals surface area contributed by atoms with Crippen molar-refractivity contribution in [3.63, 3.8) is 0 Å². The van der Waals surface area contributed by atoms with Crippen LogP contribution in [0.5, 0.6) is 0 Å². The summed E-state index contributed by atoms with van der Waals surface area (Å²) >= 11 is 1.93. The molecule has 140 valence electrons. The maximum absolute atomic E-state index is 14.1. The maximum Gasteiger partial charge on any atom is 0.325 e. The number of rotatable bonds is 5. The van der Waals surface area contributed by atoms with Crippen molar-refractivity contribution >= 4 is 46.1 Å². The van der Waals surface area contributed by atoms with E-state index in [1.165, 1.54) is 36.4 Å². The monoisotopic (exact) mass is 485 g/mol. The third kappa shape index (κ3) is 4.41. The van der Waals surface area contributed by atoms with Crippen LogP contribution in [0, 0.1) is 15.2 Å². The molecule has 0 bridgehead atoms. The van der Waals surface area contributed by atoms with Crippen molar-refractivity contribution in [3.8, 4) is 0 Å². The fourth-order valence-electron chi connectivity index (χ4n) is 2.70. The van der Waals surface area contributed by atoms with E-state index < -0.39 is 35.5 Å². The molecule has 0 aliphatic carbocycles. The highest BCUT2D eigenvalue weighted by atomic mass is 127. The maximum atomic E-state index is 14.1. The Morgan fingerprint density at radius 3 is 2.48 bits per heavy atom. The zero-order valence-corrected chi connectivity index (χ0v) is 16.0. The summed E-state index contributed by atoms with van der Waals surface area (Å²) in [7, 11) is 0. The number of anilines is 1. The average molecular weight is 485 g/mol. The van der Waals surface area contributed by atoms with E-state index in [2.05, 4.69) is 10.6 Å². The molecule has 4 amide bonds. The molecule has 0 aromatic heterocycles. The normalized spacial score (nSPS) is 14.9. The first-order valence-corrected chi connectivity index (χ1v) is 9.03. The zero-order valence-electron chi connectivity index (χ0n) is 13.8. The van der Waals surface area contributed by atoms with E-state index in [4.69, 9.17) is 0 Å².